The van der Waals surface area contributed by atoms with Crippen molar-refractivity contribution in [2.24, 2.45) is 5.92 Å². The van der Waals surface area contributed by atoms with Gasteiger partial charge in [-0.1, -0.05) is 6.07 Å². The van der Waals surface area contributed by atoms with Crippen LogP contribution in [0.15, 0.2) is 24.4 Å². The molecule has 1 aromatic rings. The fourth-order valence-corrected chi connectivity index (χ4v) is 2.59. The molecular formula is C15H21FN4. The Morgan fingerprint density at radius 1 is 1.45 bits per heavy atom. The van der Waals surface area contributed by atoms with E-state index in [2.05, 4.69) is 5.32 Å². The Kier molecular flexibility index (Phi) is 3.97. The Hall–Kier alpha value is -2.04. The van der Waals surface area contributed by atoms with Crippen molar-refractivity contribution in [3.05, 3.63) is 30.0 Å². The molecule has 1 fully saturated rings. The predicted molar refractivity (Wildman–Crippen MR) is 82.3 cm³/mol. The Bertz CT molecular complexity index is 529. The van der Waals surface area contributed by atoms with Crippen LogP contribution < -0.4 is 16.8 Å². The third-order valence-corrected chi connectivity index (χ3v) is 3.67. The van der Waals surface area contributed by atoms with Gasteiger partial charge in [0.05, 0.1) is 11.4 Å². The van der Waals surface area contributed by atoms with Crippen molar-refractivity contribution in [2.75, 3.05) is 18.0 Å². The highest BCUT2D eigenvalue weighted by Crippen LogP contribution is 2.40. The summed E-state index contributed by atoms with van der Waals surface area (Å²) in [4.78, 5) is 0. The van der Waals surface area contributed by atoms with Gasteiger partial charge in [0, 0.05) is 24.5 Å². The number of hydrogen-bond acceptors (Lipinski definition) is 4. The van der Waals surface area contributed by atoms with E-state index in [4.69, 9.17) is 16.9 Å². The van der Waals surface area contributed by atoms with E-state index in [0.29, 0.717) is 30.1 Å². The molecule has 1 aliphatic carbocycles. The van der Waals surface area contributed by atoms with Crippen LogP contribution in [-0.4, -0.2) is 18.4 Å². The maximum atomic E-state index is 13.3. The van der Waals surface area contributed by atoms with Crippen molar-refractivity contribution >= 4 is 23.2 Å². The topological polar surface area (TPSA) is 87.9 Å². The lowest BCUT2D eigenvalue weighted by Gasteiger charge is -2.38. The molecule has 0 unspecified atom stereocenters. The molecule has 20 heavy (non-hydrogen) atoms. The fraction of sp³-hybridized carbons (Fsp3) is 0.400. The number of nitrogen functional groups attached to an aromatic ring is 2. The van der Waals surface area contributed by atoms with Crippen molar-refractivity contribution < 1.29 is 4.39 Å². The molecule has 1 aliphatic rings. The van der Waals surface area contributed by atoms with Gasteiger partial charge in [-0.25, -0.2) is 4.39 Å². The number of anilines is 2. The molecule has 4 nitrogen and oxygen atoms in total. The molecule has 0 amide bonds. The summed E-state index contributed by atoms with van der Waals surface area (Å²) in [5.41, 5.74) is 13.0. The summed E-state index contributed by atoms with van der Waals surface area (Å²) in [6.45, 7) is 2.36. The van der Waals surface area contributed by atoms with Crippen LogP contribution in [0.3, 0.4) is 0 Å². The third kappa shape index (κ3) is 3.29. The molecule has 0 saturated heterocycles. The summed E-state index contributed by atoms with van der Waals surface area (Å²) >= 11 is 0. The predicted octanol–water partition coefficient (Wildman–Crippen LogP) is 2.57. The maximum absolute atomic E-state index is 13.3. The van der Waals surface area contributed by atoms with Crippen LogP contribution in [0.5, 0.6) is 0 Å². The van der Waals surface area contributed by atoms with Crippen molar-refractivity contribution in [1.29, 1.82) is 5.41 Å². The Morgan fingerprint density at radius 2 is 2.15 bits per heavy atom. The van der Waals surface area contributed by atoms with E-state index < -0.39 is 5.67 Å². The van der Waals surface area contributed by atoms with E-state index in [1.165, 1.54) is 6.21 Å². The lowest BCUT2D eigenvalue weighted by atomic mass is 9.73. The first kappa shape index (κ1) is 14.4. The molecule has 0 aliphatic heterocycles. The zero-order valence-electron chi connectivity index (χ0n) is 11.6. The van der Waals surface area contributed by atoms with Crippen LogP contribution in [0.25, 0.3) is 5.57 Å². The second-order valence-corrected chi connectivity index (χ2v) is 5.68. The molecule has 0 bridgehead atoms. The van der Waals surface area contributed by atoms with E-state index in [1.54, 1.807) is 25.3 Å². The number of rotatable bonds is 5. The SMILES string of the molecule is CC1(F)CC(CN/C=C(\C=N)c2ccc(N)c(N)c2)C1. The van der Waals surface area contributed by atoms with Gasteiger partial charge in [0.2, 0.25) is 0 Å². The maximum Gasteiger partial charge on any atom is 0.109 e. The summed E-state index contributed by atoms with van der Waals surface area (Å²) in [6, 6.07) is 5.30. The van der Waals surface area contributed by atoms with Crippen molar-refractivity contribution in [3.8, 4) is 0 Å². The van der Waals surface area contributed by atoms with Crippen LogP contribution in [0.4, 0.5) is 15.8 Å². The molecule has 0 aromatic heterocycles. The van der Waals surface area contributed by atoms with Crippen LogP contribution in [0.2, 0.25) is 0 Å². The Labute approximate surface area is 118 Å². The van der Waals surface area contributed by atoms with Crippen molar-refractivity contribution in [3.63, 3.8) is 0 Å². The van der Waals surface area contributed by atoms with Crippen LogP contribution in [0, 0.1) is 11.3 Å². The van der Waals surface area contributed by atoms with Gasteiger partial charge in [0.15, 0.2) is 0 Å². The molecule has 1 saturated carbocycles. The molecular weight excluding hydrogens is 255 g/mol. The van der Waals surface area contributed by atoms with E-state index in [9.17, 15) is 4.39 Å². The molecule has 0 atom stereocenters. The summed E-state index contributed by atoms with van der Waals surface area (Å²) in [6.07, 6.45) is 4.23. The first-order valence-electron chi connectivity index (χ1n) is 6.69. The lowest BCUT2D eigenvalue weighted by Crippen LogP contribution is -2.41. The number of allylic oxidation sites excluding steroid dienone is 1. The number of alkyl halides is 1. The van der Waals surface area contributed by atoms with Gasteiger partial charge in [-0.3, -0.25) is 0 Å². The van der Waals surface area contributed by atoms with Gasteiger partial charge in [-0.15, -0.1) is 0 Å². The number of nitrogens with two attached hydrogens (primary N) is 2. The average molecular weight is 276 g/mol. The quantitative estimate of drug-likeness (QED) is 0.492. The summed E-state index contributed by atoms with van der Waals surface area (Å²) in [5, 5.41) is 10.6. The minimum atomic E-state index is -0.994. The minimum absolute atomic E-state index is 0.365. The summed E-state index contributed by atoms with van der Waals surface area (Å²) in [7, 11) is 0. The monoisotopic (exact) mass is 276 g/mol. The van der Waals surface area contributed by atoms with Crippen LogP contribution in [-0.2, 0) is 0 Å². The zero-order valence-corrected chi connectivity index (χ0v) is 11.6. The largest absolute Gasteiger partial charge is 0.397 e. The standard InChI is InChI=1S/C15H21FN4/c1-15(16)5-10(6-15)8-20-9-12(7-17)11-2-3-13(18)14(19)4-11/h2-4,7,9-10,17,20H,5-6,8,18-19H2,1H3/b12-9+,17-7?. The number of halogens is 1. The number of hydrogen-bond donors (Lipinski definition) is 4. The molecule has 1 aromatic carbocycles. The second kappa shape index (κ2) is 5.53. The van der Waals surface area contributed by atoms with Gasteiger partial charge in [0.1, 0.15) is 5.67 Å². The highest BCUT2D eigenvalue weighted by molar-refractivity contribution is 6.08. The zero-order chi connectivity index (χ0) is 14.8. The second-order valence-electron chi connectivity index (χ2n) is 5.68. The number of nitrogens with one attached hydrogen (secondary N) is 2. The molecule has 5 heteroatoms. The molecule has 0 heterocycles. The van der Waals surface area contributed by atoms with E-state index in [-0.39, 0.29) is 0 Å². The smallest absolute Gasteiger partial charge is 0.109 e. The fourth-order valence-electron chi connectivity index (χ4n) is 2.59. The highest BCUT2D eigenvalue weighted by Gasteiger charge is 2.39. The molecule has 6 N–H and O–H groups in total. The normalized spacial score (nSPS) is 25.9. The van der Waals surface area contributed by atoms with Gasteiger partial charge in [-0.05, 0) is 43.4 Å². The lowest BCUT2D eigenvalue weighted by molar-refractivity contribution is 0.0273. The molecule has 0 spiro atoms. The van der Waals surface area contributed by atoms with E-state index in [1.807, 2.05) is 6.07 Å². The van der Waals surface area contributed by atoms with Crippen LogP contribution >= 0.6 is 0 Å². The Balaban J connectivity index is 1.95. The Morgan fingerprint density at radius 3 is 2.70 bits per heavy atom. The minimum Gasteiger partial charge on any atom is -0.397 e. The average Bonchev–Trinajstić information content (AvgIpc) is 2.36. The van der Waals surface area contributed by atoms with Crippen molar-refractivity contribution in [2.45, 2.75) is 25.4 Å². The van der Waals surface area contributed by atoms with Gasteiger partial charge in [0.25, 0.3) is 0 Å². The van der Waals surface area contributed by atoms with E-state index >= 15 is 0 Å². The molecule has 2 rings (SSSR count). The van der Waals surface area contributed by atoms with Gasteiger partial charge in [-0.2, -0.15) is 0 Å². The first-order chi connectivity index (χ1) is 9.41. The third-order valence-electron chi connectivity index (χ3n) is 3.67. The number of benzene rings is 1. The van der Waals surface area contributed by atoms with Crippen LogP contribution in [0.1, 0.15) is 25.3 Å². The first-order valence-corrected chi connectivity index (χ1v) is 6.69. The van der Waals surface area contributed by atoms with Gasteiger partial charge < -0.3 is 22.2 Å². The van der Waals surface area contributed by atoms with Gasteiger partial charge >= 0.3 is 0 Å². The molecule has 0 radical (unpaired) electrons. The highest BCUT2D eigenvalue weighted by atomic mass is 19.1. The molecule has 108 valence electrons. The van der Waals surface area contributed by atoms with Crippen molar-refractivity contribution in [1.82, 2.24) is 5.32 Å². The summed E-state index contributed by atoms with van der Waals surface area (Å²) < 4.78 is 13.3. The van der Waals surface area contributed by atoms with E-state index in [0.717, 1.165) is 17.7 Å². The summed E-state index contributed by atoms with van der Waals surface area (Å²) in [5.74, 6) is 0.365.